The molecule has 26 heavy (non-hydrogen) atoms. The minimum atomic E-state index is -4.71. The molecule has 1 atom stereocenters. The van der Waals surface area contributed by atoms with Gasteiger partial charge in [-0.05, 0) is 25.1 Å². The number of halogens is 4. The fraction of sp³-hybridized carbons (Fsp3) is 0.429. The zero-order valence-electron chi connectivity index (χ0n) is 13.3. The maximum Gasteiger partial charge on any atom is 0.416 e. The third-order valence-electron chi connectivity index (χ3n) is 3.75. The highest BCUT2D eigenvalue weighted by Gasteiger charge is 2.40. The Kier molecular flexibility index (Phi) is 4.99. The smallest absolute Gasteiger partial charge is 0.378 e. The van der Waals surface area contributed by atoms with Crippen LogP contribution in [0.15, 0.2) is 27.6 Å². The molecular weight excluding hydrogens is 399 g/mol. The van der Waals surface area contributed by atoms with E-state index in [1.165, 1.54) is 0 Å². The van der Waals surface area contributed by atoms with Crippen molar-refractivity contribution < 1.29 is 30.8 Å². The van der Waals surface area contributed by atoms with Gasteiger partial charge in [0.2, 0.25) is 15.9 Å². The molecule has 0 radical (unpaired) electrons. The van der Waals surface area contributed by atoms with Crippen LogP contribution in [0.3, 0.4) is 0 Å². The van der Waals surface area contributed by atoms with Gasteiger partial charge in [-0.25, -0.2) is 8.42 Å². The van der Waals surface area contributed by atoms with Crippen molar-refractivity contribution in [3.63, 3.8) is 0 Å². The number of sulfonamides is 1. The van der Waals surface area contributed by atoms with Gasteiger partial charge in [0.1, 0.15) is 10.9 Å². The number of benzene rings is 1. The van der Waals surface area contributed by atoms with E-state index in [4.69, 9.17) is 20.9 Å². The molecule has 1 aromatic carbocycles. The summed E-state index contributed by atoms with van der Waals surface area (Å²) in [5.41, 5.74) is -1.11. The third kappa shape index (κ3) is 3.56. The van der Waals surface area contributed by atoms with E-state index in [2.05, 4.69) is 10.1 Å². The van der Waals surface area contributed by atoms with Gasteiger partial charge >= 0.3 is 6.18 Å². The summed E-state index contributed by atoms with van der Waals surface area (Å²) in [4.78, 5) is 3.35. The van der Waals surface area contributed by atoms with Crippen LogP contribution in [-0.2, 0) is 20.9 Å². The van der Waals surface area contributed by atoms with Gasteiger partial charge in [-0.2, -0.15) is 22.5 Å². The minimum Gasteiger partial charge on any atom is -0.378 e. The van der Waals surface area contributed by atoms with Crippen molar-refractivity contribution in [2.45, 2.75) is 24.0 Å². The summed E-state index contributed by atoms with van der Waals surface area (Å²) in [5, 5.41) is 3.29. The van der Waals surface area contributed by atoms with E-state index in [9.17, 15) is 21.6 Å². The molecule has 0 aliphatic carbocycles. The number of ether oxygens (including phenoxy) is 1. The van der Waals surface area contributed by atoms with Crippen LogP contribution in [0.25, 0.3) is 0 Å². The van der Waals surface area contributed by atoms with Gasteiger partial charge in [-0.15, -0.1) is 0 Å². The van der Waals surface area contributed by atoms with Gasteiger partial charge in [-0.3, -0.25) is 0 Å². The van der Waals surface area contributed by atoms with E-state index in [1.54, 1.807) is 6.92 Å². The van der Waals surface area contributed by atoms with Crippen molar-refractivity contribution in [1.29, 1.82) is 0 Å². The molecule has 142 valence electrons. The number of hydrogen-bond acceptors (Lipinski definition) is 6. The van der Waals surface area contributed by atoms with Crippen molar-refractivity contribution in [3.8, 4) is 0 Å². The lowest BCUT2D eigenvalue weighted by molar-refractivity contribution is -0.137. The second kappa shape index (κ2) is 6.80. The average molecular weight is 412 g/mol. The molecule has 1 aromatic heterocycles. The van der Waals surface area contributed by atoms with Gasteiger partial charge in [0, 0.05) is 6.54 Å². The molecule has 2 aromatic rings. The van der Waals surface area contributed by atoms with Crippen molar-refractivity contribution in [2.24, 2.45) is 0 Å². The van der Waals surface area contributed by atoms with Crippen LogP contribution in [0.2, 0.25) is 5.02 Å². The summed E-state index contributed by atoms with van der Waals surface area (Å²) in [6.07, 6.45) is -4.71. The van der Waals surface area contributed by atoms with Crippen molar-refractivity contribution in [2.75, 3.05) is 19.8 Å². The summed E-state index contributed by atoms with van der Waals surface area (Å²) >= 11 is 5.89. The summed E-state index contributed by atoms with van der Waals surface area (Å²) in [7, 11) is -4.37. The predicted molar refractivity (Wildman–Crippen MR) is 82.9 cm³/mol. The van der Waals surface area contributed by atoms with Crippen molar-refractivity contribution in [1.82, 2.24) is 14.4 Å². The fourth-order valence-electron chi connectivity index (χ4n) is 2.52. The van der Waals surface area contributed by atoms with Crippen LogP contribution in [0, 0.1) is 6.92 Å². The van der Waals surface area contributed by atoms with E-state index in [-0.39, 0.29) is 30.7 Å². The monoisotopic (exact) mass is 411 g/mol. The maximum atomic E-state index is 13.0. The molecule has 3 rings (SSSR count). The summed E-state index contributed by atoms with van der Waals surface area (Å²) in [6.45, 7) is 1.46. The molecule has 0 bridgehead atoms. The Labute approximate surface area is 151 Å². The van der Waals surface area contributed by atoms with Crippen LogP contribution in [0.1, 0.15) is 23.3 Å². The molecule has 1 aliphatic rings. The predicted octanol–water partition coefficient (Wildman–Crippen LogP) is 2.81. The summed E-state index contributed by atoms with van der Waals surface area (Å²) in [6, 6.07) is 1.19. The standard InChI is InChI=1S/C14H13ClF3N3O4S/c1-8-19-13(25-20-8)11-7-24-5-4-21(11)26(22,23)12-6-9(14(16,17)18)2-3-10(12)15/h2-3,6,11H,4-5,7H2,1H3/t11-/m1/s1. The minimum absolute atomic E-state index is 0.00567. The lowest BCUT2D eigenvalue weighted by Crippen LogP contribution is -2.43. The third-order valence-corrected chi connectivity index (χ3v) is 6.14. The number of hydrogen-bond donors (Lipinski definition) is 0. The summed E-state index contributed by atoms with van der Waals surface area (Å²) < 4.78 is 76.2. The Morgan fingerprint density at radius 3 is 2.69 bits per heavy atom. The number of nitrogens with zero attached hydrogens (tertiary/aromatic N) is 3. The molecule has 0 unspecified atom stereocenters. The Morgan fingerprint density at radius 1 is 1.35 bits per heavy atom. The highest BCUT2D eigenvalue weighted by Crippen LogP contribution is 2.36. The highest BCUT2D eigenvalue weighted by atomic mass is 35.5. The van der Waals surface area contributed by atoms with Gasteiger partial charge in [-0.1, -0.05) is 16.8 Å². The van der Waals surface area contributed by atoms with Crippen molar-refractivity contribution >= 4 is 21.6 Å². The lowest BCUT2D eigenvalue weighted by atomic mass is 10.2. The molecule has 0 amide bonds. The summed E-state index contributed by atoms with van der Waals surface area (Å²) in [5.74, 6) is 0.286. The van der Waals surface area contributed by atoms with Crippen LogP contribution in [-0.4, -0.2) is 42.6 Å². The first-order valence-corrected chi connectivity index (χ1v) is 9.19. The number of rotatable bonds is 3. The van der Waals surface area contributed by atoms with Crippen molar-refractivity contribution in [3.05, 3.63) is 40.5 Å². The van der Waals surface area contributed by atoms with E-state index in [1.807, 2.05) is 0 Å². The second-order valence-electron chi connectivity index (χ2n) is 5.53. The van der Waals surface area contributed by atoms with Crippen LogP contribution < -0.4 is 0 Å². The topological polar surface area (TPSA) is 85.5 Å². The molecule has 0 spiro atoms. The number of aryl methyl sites for hydroxylation is 1. The van der Waals surface area contributed by atoms with E-state index in [0.29, 0.717) is 11.9 Å². The van der Waals surface area contributed by atoms with Gasteiger partial charge < -0.3 is 9.26 Å². The molecule has 1 aliphatic heterocycles. The molecule has 12 heteroatoms. The fourth-order valence-corrected chi connectivity index (χ4v) is 4.58. The molecular formula is C14H13ClF3N3O4S. The lowest BCUT2D eigenvalue weighted by Gasteiger charge is -2.32. The first-order chi connectivity index (χ1) is 12.1. The van der Waals surface area contributed by atoms with Gasteiger partial charge in [0.05, 0.1) is 23.8 Å². The highest BCUT2D eigenvalue weighted by molar-refractivity contribution is 7.89. The normalized spacial score (nSPS) is 19.7. The Hall–Kier alpha value is -1.69. The first-order valence-electron chi connectivity index (χ1n) is 7.37. The van der Waals surface area contributed by atoms with Crippen LogP contribution >= 0.6 is 11.6 Å². The Morgan fingerprint density at radius 2 is 2.08 bits per heavy atom. The van der Waals surface area contributed by atoms with Gasteiger partial charge in [0.15, 0.2) is 5.82 Å². The van der Waals surface area contributed by atoms with Crippen LogP contribution in [0.4, 0.5) is 13.2 Å². The molecule has 2 heterocycles. The molecule has 1 saturated heterocycles. The SMILES string of the molecule is Cc1noc([C@H]2COCCN2S(=O)(=O)c2cc(C(F)(F)F)ccc2Cl)n1. The maximum absolute atomic E-state index is 13.0. The molecule has 0 N–H and O–H groups in total. The average Bonchev–Trinajstić information content (AvgIpc) is 3.00. The Balaban J connectivity index is 2.06. The number of morpholine rings is 1. The molecule has 1 fully saturated rings. The van der Waals surface area contributed by atoms with E-state index in [0.717, 1.165) is 16.4 Å². The van der Waals surface area contributed by atoms with Crippen LogP contribution in [0.5, 0.6) is 0 Å². The second-order valence-corrected chi connectivity index (χ2v) is 7.80. The Bertz CT molecular complexity index is 916. The number of alkyl halides is 3. The largest absolute Gasteiger partial charge is 0.416 e. The zero-order chi connectivity index (χ0) is 19.1. The zero-order valence-corrected chi connectivity index (χ0v) is 14.9. The number of aromatic nitrogens is 2. The van der Waals surface area contributed by atoms with E-state index >= 15 is 0 Å². The molecule has 7 nitrogen and oxygen atoms in total. The quantitative estimate of drug-likeness (QED) is 0.772. The van der Waals surface area contributed by atoms with Gasteiger partial charge in [0.25, 0.3) is 0 Å². The first kappa shape index (κ1) is 19.1. The molecule has 0 saturated carbocycles. The van der Waals surface area contributed by atoms with E-state index < -0.39 is 32.7 Å².